The quantitative estimate of drug-likeness (QED) is 0.700. The Labute approximate surface area is 164 Å². The fourth-order valence-corrected chi connectivity index (χ4v) is 3.61. The molecule has 0 spiro atoms. The molecule has 6 nitrogen and oxygen atoms in total. The van der Waals surface area contributed by atoms with E-state index in [2.05, 4.69) is 5.32 Å². The Kier molecular flexibility index (Phi) is 7.22. The van der Waals surface area contributed by atoms with Crippen molar-refractivity contribution in [1.82, 2.24) is 0 Å². The molecule has 2 aromatic rings. The van der Waals surface area contributed by atoms with Crippen molar-refractivity contribution >= 4 is 34.2 Å². The van der Waals surface area contributed by atoms with Crippen molar-refractivity contribution in [3.05, 3.63) is 51.4 Å². The summed E-state index contributed by atoms with van der Waals surface area (Å²) >= 11 is 1.23. The zero-order valence-electron chi connectivity index (χ0n) is 15.6. The number of hydrogen-bond donors (Lipinski definition) is 1. The predicted molar refractivity (Wildman–Crippen MR) is 99.7 cm³/mol. The van der Waals surface area contributed by atoms with Crippen LogP contribution in [-0.4, -0.2) is 31.1 Å². The molecule has 0 saturated carbocycles. The summed E-state index contributed by atoms with van der Waals surface area (Å²) in [5.41, 5.74) is 0.487. The van der Waals surface area contributed by atoms with Gasteiger partial charge < -0.3 is 14.8 Å². The number of hydrogen-bond acceptors (Lipinski definition) is 6. The lowest BCUT2D eigenvalue weighted by atomic mass is 10.1. The number of amides is 1. The number of rotatable bonds is 7. The summed E-state index contributed by atoms with van der Waals surface area (Å²) in [4.78, 5) is 37.1. The molecule has 0 aliphatic heterocycles. The minimum Gasteiger partial charge on any atom is -0.462 e. The molecular weight excluding hydrogens is 392 g/mol. The number of thiophene rings is 1. The van der Waals surface area contributed by atoms with Crippen LogP contribution in [0.15, 0.2) is 18.2 Å². The van der Waals surface area contributed by atoms with Crippen LogP contribution in [0.25, 0.3) is 0 Å². The van der Waals surface area contributed by atoms with Crippen LogP contribution in [0.1, 0.15) is 45.0 Å². The van der Waals surface area contributed by atoms with Crippen molar-refractivity contribution in [1.29, 1.82) is 0 Å². The van der Waals surface area contributed by atoms with Gasteiger partial charge in [0.2, 0.25) is 0 Å². The lowest BCUT2D eigenvalue weighted by Gasteiger charge is -2.08. The third kappa shape index (κ3) is 4.92. The van der Waals surface area contributed by atoms with Crippen LogP contribution in [0.2, 0.25) is 0 Å². The van der Waals surface area contributed by atoms with Crippen LogP contribution in [0, 0.1) is 18.6 Å². The lowest BCUT2D eigenvalue weighted by Crippen LogP contribution is -2.22. The van der Waals surface area contributed by atoms with Crippen molar-refractivity contribution in [2.75, 3.05) is 18.5 Å². The zero-order valence-corrected chi connectivity index (χ0v) is 16.4. The van der Waals surface area contributed by atoms with Crippen LogP contribution >= 0.6 is 11.3 Å². The smallest absolute Gasteiger partial charge is 0.341 e. The predicted octanol–water partition coefficient (Wildman–Crippen LogP) is 3.87. The van der Waals surface area contributed by atoms with Crippen LogP contribution in [0.5, 0.6) is 0 Å². The largest absolute Gasteiger partial charge is 0.462 e. The van der Waals surface area contributed by atoms with Crippen molar-refractivity contribution in [3.63, 3.8) is 0 Å². The van der Waals surface area contributed by atoms with Crippen molar-refractivity contribution in [2.45, 2.75) is 27.2 Å². The Bertz CT molecular complexity index is 910. The number of anilines is 1. The van der Waals surface area contributed by atoms with E-state index in [9.17, 15) is 23.2 Å². The highest BCUT2D eigenvalue weighted by molar-refractivity contribution is 7.17. The van der Waals surface area contributed by atoms with Gasteiger partial charge in [-0.2, -0.15) is 0 Å². The fraction of sp³-hybridized carbons (Fsp3) is 0.316. The number of carbonyl (C=O) groups excluding carboxylic acids is 3. The Hall–Kier alpha value is -2.81. The summed E-state index contributed by atoms with van der Waals surface area (Å²) in [7, 11) is 0. The molecule has 1 heterocycles. The molecule has 0 saturated heterocycles. The number of carbonyl (C=O) groups is 3. The van der Waals surface area contributed by atoms with Gasteiger partial charge in [0.25, 0.3) is 5.91 Å². The van der Waals surface area contributed by atoms with E-state index in [0.29, 0.717) is 23.1 Å². The van der Waals surface area contributed by atoms with E-state index in [-0.39, 0.29) is 12.2 Å². The molecular formula is C19H19F2NO5S. The van der Waals surface area contributed by atoms with Gasteiger partial charge in [-0.3, -0.25) is 4.79 Å². The maximum absolute atomic E-state index is 13.6. The standard InChI is InChI=1S/C19H19F2NO5S/c1-4-14-10(3)16(19(25)26-5-2)17(28-14)22-15(23)9-27-18(24)12-7-6-11(20)8-13(12)21/h6-8H,4-5,9H2,1-3H3,(H,22,23). The van der Waals surface area contributed by atoms with Gasteiger partial charge in [0.05, 0.1) is 17.7 Å². The molecule has 0 aliphatic rings. The Balaban J connectivity index is 2.08. The van der Waals surface area contributed by atoms with Crippen LogP contribution in [0.4, 0.5) is 13.8 Å². The molecule has 0 aliphatic carbocycles. The number of nitrogens with one attached hydrogen (secondary N) is 1. The Morgan fingerprint density at radius 2 is 1.82 bits per heavy atom. The summed E-state index contributed by atoms with van der Waals surface area (Å²) in [6.07, 6.45) is 0.664. The van der Waals surface area contributed by atoms with Crippen molar-refractivity contribution in [2.24, 2.45) is 0 Å². The van der Waals surface area contributed by atoms with Crippen LogP contribution in [-0.2, 0) is 20.7 Å². The van der Waals surface area contributed by atoms with Gasteiger partial charge in [0, 0.05) is 10.9 Å². The molecule has 150 valence electrons. The van der Waals surface area contributed by atoms with Gasteiger partial charge in [-0.15, -0.1) is 11.3 Å². The first-order chi connectivity index (χ1) is 13.3. The first-order valence-electron chi connectivity index (χ1n) is 8.49. The molecule has 9 heteroatoms. The Morgan fingerprint density at radius 1 is 1.11 bits per heavy atom. The van der Waals surface area contributed by atoms with Gasteiger partial charge in [0.15, 0.2) is 6.61 Å². The monoisotopic (exact) mass is 411 g/mol. The van der Waals surface area contributed by atoms with Gasteiger partial charge in [0.1, 0.15) is 16.6 Å². The van der Waals surface area contributed by atoms with E-state index >= 15 is 0 Å². The second-order valence-electron chi connectivity index (χ2n) is 5.68. The molecule has 1 amide bonds. The van der Waals surface area contributed by atoms with E-state index in [4.69, 9.17) is 9.47 Å². The van der Waals surface area contributed by atoms with E-state index in [1.54, 1.807) is 13.8 Å². The minimum absolute atomic E-state index is 0.184. The summed E-state index contributed by atoms with van der Waals surface area (Å²) < 4.78 is 36.3. The van der Waals surface area contributed by atoms with Gasteiger partial charge in [-0.25, -0.2) is 18.4 Å². The molecule has 1 aromatic carbocycles. The first kappa shape index (κ1) is 21.5. The third-order valence-electron chi connectivity index (χ3n) is 3.78. The molecule has 0 fully saturated rings. The fourth-order valence-electron chi connectivity index (χ4n) is 2.46. The molecule has 0 atom stereocenters. The second-order valence-corrected chi connectivity index (χ2v) is 6.78. The third-order valence-corrected chi connectivity index (χ3v) is 5.14. The number of aryl methyl sites for hydroxylation is 1. The first-order valence-corrected chi connectivity index (χ1v) is 9.31. The van der Waals surface area contributed by atoms with Crippen LogP contribution in [0.3, 0.4) is 0 Å². The summed E-state index contributed by atoms with van der Waals surface area (Å²) in [5, 5.41) is 2.82. The average Bonchev–Trinajstić information content (AvgIpc) is 2.95. The number of halogens is 2. The van der Waals surface area contributed by atoms with Gasteiger partial charge in [-0.05, 0) is 38.0 Å². The highest BCUT2D eigenvalue weighted by Crippen LogP contribution is 2.34. The lowest BCUT2D eigenvalue weighted by molar-refractivity contribution is -0.119. The normalized spacial score (nSPS) is 10.5. The highest BCUT2D eigenvalue weighted by atomic mass is 32.1. The van der Waals surface area contributed by atoms with Crippen molar-refractivity contribution < 1.29 is 32.6 Å². The van der Waals surface area contributed by atoms with Crippen LogP contribution < -0.4 is 5.32 Å². The van der Waals surface area contributed by atoms with E-state index in [0.717, 1.165) is 17.0 Å². The molecule has 2 rings (SSSR count). The molecule has 1 N–H and O–H groups in total. The average molecular weight is 411 g/mol. The Morgan fingerprint density at radius 3 is 2.43 bits per heavy atom. The molecule has 0 radical (unpaired) electrons. The zero-order chi connectivity index (χ0) is 20.8. The summed E-state index contributed by atoms with van der Waals surface area (Å²) in [6.45, 7) is 4.83. The summed E-state index contributed by atoms with van der Waals surface area (Å²) in [6, 6.07) is 2.38. The van der Waals surface area contributed by atoms with E-state index < -0.39 is 41.7 Å². The van der Waals surface area contributed by atoms with E-state index in [1.807, 2.05) is 6.92 Å². The summed E-state index contributed by atoms with van der Waals surface area (Å²) in [5.74, 6) is -4.29. The number of ether oxygens (including phenoxy) is 2. The number of benzene rings is 1. The number of esters is 2. The second kappa shape index (κ2) is 9.41. The van der Waals surface area contributed by atoms with Crippen molar-refractivity contribution in [3.8, 4) is 0 Å². The van der Waals surface area contributed by atoms with E-state index in [1.165, 1.54) is 11.3 Å². The van der Waals surface area contributed by atoms with Gasteiger partial charge >= 0.3 is 11.9 Å². The molecule has 1 aromatic heterocycles. The minimum atomic E-state index is -1.10. The molecule has 0 bridgehead atoms. The topological polar surface area (TPSA) is 81.7 Å². The SMILES string of the molecule is CCOC(=O)c1c(NC(=O)COC(=O)c2ccc(F)cc2F)sc(CC)c1C. The maximum Gasteiger partial charge on any atom is 0.341 e. The molecule has 0 unspecified atom stereocenters. The highest BCUT2D eigenvalue weighted by Gasteiger charge is 2.23. The maximum atomic E-state index is 13.6. The van der Waals surface area contributed by atoms with Gasteiger partial charge in [-0.1, -0.05) is 6.92 Å². The molecule has 28 heavy (non-hydrogen) atoms.